The molecule has 1 unspecified atom stereocenters. The fourth-order valence-corrected chi connectivity index (χ4v) is 3.14. The van der Waals surface area contributed by atoms with Gasteiger partial charge in [-0.2, -0.15) is 0 Å². The summed E-state index contributed by atoms with van der Waals surface area (Å²) >= 11 is 0. The van der Waals surface area contributed by atoms with Gasteiger partial charge in [0.2, 0.25) is 0 Å². The summed E-state index contributed by atoms with van der Waals surface area (Å²) in [7, 11) is 4.13. The normalized spacial score (nSPS) is 23.0. The highest BCUT2D eigenvalue weighted by molar-refractivity contribution is 6.05. The third kappa shape index (κ3) is 5.75. The van der Waals surface area contributed by atoms with Crippen molar-refractivity contribution in [2.45, 2.75) is 33.1 Å². The zero-order valence-electron chi connectivity index (χ0n) is 15.3. The van der Waals surface area contributed by atoms with E-state index >= 15 is 0 Å². The van der Waals surface area contributed by atoms with Gasteiger partial charge in [0.05, 0.1) is 5.71 Å². The van der Waals surface area contributed by atoms with Crippen molar-refractivity contribution in [3.8, 4) is 0 Å². The first-order valence-electron chi connectivity index (χ1n) is 8.76. The number of benzene rings is 1. The fraction of sp³-hybridized carbons (Fsp3) is 0.550. The van der Waals surface area contributed by atoms with Crippen LogP contribution in [0.4, 0.5) is 4.39 Å². The van der Waals surface area contributed by atoms with Gasteiger partial charge in [-0.15, -0.1) is 0 Å². The maximum atomic E-state index is 13.1. The molecule has 1 aromatic carbocycles. The lowest BCUT2D eigenvalue weighted by molar-refractivity contribution is 0.100. The van der Waals surface area contributed by atoms with Gasteiger partial charge in [-0.05, 0) is 62.7 Å². The standard InChI is InChI=1S/C20H29FN2O/c1-15(13-23(3)4)14-24-22-20-16(2)6-5-7-18(20)12-17-8-10-19(21)11-9-17/h8-12,15-16H,5-7,13-14H2,1-4H3/t15?,16-/m0/s1. The van der Waals surface area contributed by atoms with Crippen LogP contribution in [0.5, 0.6) is 0 Å². The highest BCUT2D eigenvalue weighted by Crippen LogP contribution is 2.28. The molecule has 1 aliphatic rings. The second kappa shape index (κ2) is 8.97. The Morgan fingerprint density at radius 3 is 2.71 bits per heavy atom. The second-order valence-corrected chi connectivity index (χ2v) is 7.15. The molecular formula is C20H29FN2O. The number of hydrogen-bond donors (Lipinski definition) is 0. The third-order valence-corrected chi connectivity index (χ3v) is 4.29. The van der Waals surface area contributed by atoms with Crippen molar-refractivity contribution >= 4 is 11.8 Å². The number of hydrogen-bond acceptors (Lipinski definition) is 3. The molecule has 2 rings (SSSR count). The topological polar surface area (TPSA) is 24.8 Å². The summed E-state index contributed by atoms with van der Waals surface area (Å²) in [6.45, 7) is 5.97. The number of rotatable bonds is 6. The van der Waals surface area contributed by atoms with E-state index in [9.17, 15) is 4.39 Å². The van der Waals surface area contributed by atoms with Crippen LogP contribution >= 0.6 is 0 Å². The predicted octanol–water partition coefficient (Wildman–Crippen LogP) is 4.60. The highest BCUT2D eigenvalue weighted by Gasteiger charge is 2.21. The summed E-state index contributed by atoms with van der Waals surface area (Å²) in [6, 6.07) is 6.60. The summed E-state index contributed by atoms with van der Waals surface area (Å²) in [5, 5.41) is 4.46. The molecule has 4 heteroatoms. The molecule has 0 spiro atoms. The molecule has 132 valence electrons. The van der Waals surface area contributed by atoms with Crippen molar-refractivity contribution in [1.82, 2.24) is 4.90 Å². The smallest absolute Gasteiger partial charge is 0.123 e. The van der Waals surface area contributed by atoms with E-state index in [4.69, 9.17) is 4.84 Å². The van der Waals surface area contributed by atoms with Gasteiger partial charge >= 0.3 is 0 Å². The molecule has 0 saturated heterocycles. The van der Waals surface area contributed by atoms with E-state index in [-0.39, 0.29) is 5.82 Å². The van der Waals surface area contributed by atoms with Gasteiger partial charge in [0, 0.05) is 18.4 Å². The molecule has 0 radical (unpaired) electrons. The van der Waals surface area contributed by atoms with Crippen LogP contribution < -0.4 is 0 Å². The van der Waals surface area contributed by atoms with E-state index in [1.807, 2.05) is 0 Å². The minimum absolute atomic E-state index is 0.207. The quantitative estimate of drug-likeness (QED) is 0.711. The third-order valence-electron chi connectivity index (χ3n) is 4.29. The molecule has 2 atom stereocenters. The molecule has 3 nitrogen and oxygen atoms in total. The maximum absolute atomic E-state index is 13.1. The lowest BCUT2D eigenvalue weighted by Gasteiger charge is -2.23. The highest BCUT2D eigenvalue weighted by atomic mass is 19.1. The average molecular weight is 332 g/mol. The van der Waals surface area contributed by atoms with Gasteiger partial charge in [-0.3, -0.25) is 0 Å². The molecule has 0 aromatic heterocycles. The largest absolute Gasteiger partial charge is 0.395 e. The molecule has 0 heterocycles. The zero-order chi connectivity index (χ0) is 17.5. The van der Waals surface area contributed by atoms with Gasteiger partial charge < -0.3 is 9.74 Å². The van der Waals surface area contributed by atoms with Gasteiger partial charge in [0.1, 0.15) is 12.4 Å². The van der Waals surface area contributed by atoms with Crippen molar-refractivity contribution in [3.63, 3.8) is 0 Å². The summed E-state index contributed by atoms with van der Waals surface area (Å²) in [6.07, 6.45) is 5.40. The molecule has 1 saturated carbocycles. The van der Waals surface area contributed by atoms with Crippen molar-refractivity contribution in [2.75, 3.05) is 27.2 Å². The molecular weight excluding hydrogens is 303 g/mol. The minimum atomic E-state index is -0.207. The van der Waals surface area contributed by atoms with Crippen LogP contribution in [0.3, 0.4) is 0 Å². The fourth-order valence-electron chi connectivity index (χ4n) is 3.14. The Kier molecular flexibility index (Phi) is 6.98. The van der Waals surface area contributed by atoms with E-state index in [0.29, 0.717) is 18.4 Å². The first kappa shape index (κ1) is 18.7. The van der Waals surface area contributed by atoms with E-state index in [1.165, 1.54) is 17.7 Å². The Hall–Kier alpha value is -1.68. The van der Waals surface area contributed by atoms with Crippen LogP contribution in [0.15, 0.2) is 35.0 Å². The lowest BCUT2D eigenvalue weighted by atomic mass is 9.84. The molecule has 0 bridgehead atoms. The second-order valence-electron chi connectivity index (χ2n) is 7.15. The van der Waals surface area contributed by atoms with Crippen LogP contribution in [0.1, 0.15) is 38.7 Å². The summed E-state index contributed by atoms with van der Waals surface area (Å²) in [4.78, 5) is 7.81. The molecule has 0 N–H and O–H groups in total. The van der Waals surface area contributed by atoms with Gasteiger partial charge in [-0.1, -0.05) is 31.1 Å². The van der Waals surface area contributed by atoms with Crippen LogP contribution in [0, 0.1) is 17.7 Å². The molecule has 24 heavy (non-hydrogen) atoms. The Labute approximate surface area is 145 Å². The first-order valence-corrected chi connectivity index (χ1v) is 8.76. The Balaban J connectivity index is 2.08. The van der Waals surface area contributed by atoms with E-state index in [2.05, 4.69) is 44.1 Å². The molecule has 1 fully saturated rings. The molecule has 1 aliphatic carbocycles. The molecule has 0 aliphatic heterocycles. The van der Waals surface area contributed by atoms with E-state index in [1.54, 1.807) is 12.1 Å². The number of halogens is 1. The van der Waals surface area contributed by atoms with Crippen LogP contribution in [0.2, 0.25) is 0 Å². The van der Waals surface area contributed by atoms with E-state index in [0.717, 1.165) is 37.1 Å². The SMILES string of the molecule is CC(CON=C1C(=Cc2ccc(F)cc2)CCC[C@@H]1C)CN(C)C. The van der Waals surface area contributed by atoms with Gasteiger partial charge in [-0.25, -0.2) is 4.39 Å². The molecule has 0 amide bonds. The molecule has 1 aromatic rings. The number of allylic oxidation sites excluding steroid dienone is 1. The van der Waals surface area contributed by atoms with Gasteiger partial charge in [0.25, 0.3) is 0 Å². The van der Waals surface area contributed by atoms with Crippen LogP contribution in [0.25, 0.3) is 6.08 Å². The Morgan fingerprint density at radius 2 is 2.04 bits per heavy atom. The number of oxime groups is 1. The Bertz CT molecular complexity index is 578. The summed E-state index contributed by atoms with van der Waals surface area (Å²) < 4.78 is 13.1. The summed E-state index contributed by atoms with van der Waals surface area (Å²) in [5.41, 5.74) is 3.26. The van der Waals surface area contributed by atoms with Gasteiger partial charge in [0.15, 0.2) is 0 Å². The van der Waals surface area contributed by atoms with Crippen molar-refractivity contribution in [3.05, 3.63) is 41.2 Å². The van der Waals surface area contributed by atoms with Crippen molar-refractivity contribution < 1.29 is 9.23 Å². The van der Waals surface area contributed by atoms with Crippen molar-refractivity contribution in [1.29, 1.82) is 0 Å². The zero-order valence-corrected chi connectivity index (χ0v) is 15.3. The van der Waals surface area contributed by atoms with Crippen molar-refractivity contribution in [2.24, 2.45) is 17.0 Å². The minimum Gasteiger partial charge on any atom is -0.395 e. The lowest BCUT2D eigenvalue weighted by Crippen LogP contribution is -2.23. The van der Waals surface area contributed by atoms with E-state index < -0.39 is 0 Å². The monoisotopic (exact) mass is 332 g/mol. The number of nitrogens with zero attached hydrogens (tertiary/aromatic N) is 2. The van der Waals surface area contributed by atoms with Crippen LogP contribution in [-0.4, -0.2) is 37.9 Å². The summed E-state index contributed by atoms with van der Waals surface area (Å²) in [5.74, 6) is 0.628. The van der Waals surface area contributed by atoms with Crippen LogP contribution in [-0.2, 0) is 4.84 Å². The first-order chi connectivity index (χ1) is 11.5. The predicted molar refractivity (Wildman–Crippen MR) is 98.5 cm³/mol. The Morgan fingerprint density at radius 1 is 1.33 bits per heavy atom. The maximum Gasteiger partial charge on any atom is 0.123 e. The average Bonchev–Trinajstić information content (AvgIpc) is 2.51.